The van der Waals surface area contributed by atoms with Crippen LogP contribution in [0.5, 0.6) is 0 Å². The lowest BCUT2D eigenvalue weighted by molar-refractivity contribution is 0.00223. The summed E-state index contributed by atoms with van der Waals surface area (Å²) >= 11 is 3.36. The summed E-state index contributed by atoms with van der Waals surface area (Å²) in [7, 11) is 0. The first kappa shape index (κ1) is 13.8. The van der Waals surface area contributed by atoms with Gasteiger partial charge in [0.15, 0.2) is 0 Å². The van der Waals surface area contributed by atoms with Gasteiger partial charge in [-0.15, -0.1) is 0 Å². The topological polar surface area (TPSA) is 45.1 Å². The maximum absolute atomic E-state index is 10.5. The van der Waals surface area contributed by atoms with Crippen molar-refractivity contribution >= 4 is 21.7 Å². The molecular weight excluding hydrogens is 292 g/mol. The van der Waals surface area contributed by atoms with E-state index in [1.54, 1.807) is 6.20 Å². The standard InChI is InChI=1S/C14H21BrN2O/c1-2-11-5-7-14(18,8-6-11)10-17-13-4-3-12(15)9-16-13/h3-4,9,11,18H,2,5-8,10H2,1H3,(H,16,17). The zero-order valence-electron chi connectivity index (χ0n) is 10.8. The van der Waals surface area contributed by atoms with Gasteiger partial charge in [-0.25, -0.2) is 4.98 Å². The van der Waals surface area contributed by atoms with E-state index in [2.05, 4.69) is 33.2 Å². The minimum absolute atomic E-state index is 0.555. The third-order valence-corrected chi connectivity index (χ3v) is 4.41. The van der Waals surface area contributed by atoms with Crippen molar-refractivity contribution in [2.45, 2.75) is 44.6 Å². The molecule has 0 radical (unpaired) electrons. The summed E-state index contributed by atoms with van der Waals surface area (Å²) in [5, 5.41) is 13.7. The fourth-order valence-corrected chi connectivity index (χ4v) is 2.77. The lowest BCUT2D eigenvalue weighted by Gasteiger charge is -2.36. The Morgan fingerprint density at radius 3 is 2.72 bits per heavy atom. The van der Waals surface area contributed by atoms with Crippen LogP contribution in [0.2, 0.25) is 0 Å². The Hall–Kier alpha value is -0.610. The van der Waals surface area contributed by atoms with Crippen LogP contribution in [0.15, 0.2) is 22.8 Å². The molecule has 1 heterocycles. The smallest absolute Gasteiger partial charge is 0.126 e. The van der Waals surface area contributed by atoms with Crippen LogP contribution in [0, 0.1) is 5.92 Å². The Bertz CT molecular complexity index is 372. The number of aromatic nitrogens is 1. The second-order valence-corrected chi connectivity index (χ2v) is 6.21. The zero-order chi connectivity index (χ0) is 13.0. The average Bonchev–Trinajstić information content (AvgIpc) is 2.39. The van der Waals surface area contributed by atoms with Crippen LogP contribution in [0.3, 0.4) is 0 Å². The van der Waals surface area contributed by atoms with E-state index < -0.39 is 5.60 Å². The number of anilines is 1. The van der Waals surface area contributed by atoms with E-state index in [0.29, 0.717) is 6.54 Å². The second kappa shape index (κ2) is 6.02. The molecule has 2 rings (SSSR count). The predicted molar refractivity (Wildman–Crippen MR) is 77.6 cm³/mol. The molecule has 4 heteroatoms. The van der Waals surface area contributed by atoms with Crippen LogP contribution in [0.1, 0.15) is 39.0 Å². The van der Waals surface area contributed by atoms with Crippen LogP contribution in [-0.2, 0) is 0 Å². The molecule has 2 N–H and O–H groups in total. The summed E-state index contributed by atoms with van der Waals surface area (Å²) in [6.07, 6.45) is 7.08. The van der Waals surface area contributed by atoms with E-state index in [0.717, 1.165) is 41.9 Å². The van der Waals surface area contributed by atoms with Gasteiger partial charge in [0.2, 0.25) is 0 Å². The van der Waals surface area contributed by atoms with Crippen LogP contribution in [0.25, 0.3) is 0 Å². The fraction of sp³-hybridized carbons (Fsp3) is 0.643. The Labute approximate surface area is 117 Å². The summed E-state index contributed by atoms with van der Waals surface area (Å²) in [6, 6.07) is 3.87. The van der Waals surface area contributed by atoms with Gasteiger partial charge in [0.05, 0.1) is 5.60 Å². The molecule has 1 aliphatic rings. The van der Waals surface area contributed by atoms with Gasteiger partial charge in [-0.3, -0.25) is 0 Å². The number of hydrogen-bond acceptors (Lipinski definition) is 3. The molecule has 0 saturated heterocycles. The van der Waals surface area contributed by atoms with Gasteiger partial charge < -0.3 is 10.4 Å². The highest BCUT2D eigenvalue weighted by Crippen LogP contribution is 2.33. The maximum atomic E-state index is 10.5. The van der Waals surface area contributed by atoms with Gasteiger partial charge >= 0.3 is 0 Å². The highest BCUT2D eigenvalue weighted by atomic mass is 79.9. The molecule has 18 heavy (non-hydrogen) atoms. The third kappa shape index (κ3) is 3.69. The van der Waals surface area contributed by atoms with Gasteiger partial charge in [0, 0.05) is 17.2 Å². The molecule has 1 fully saturated rings. The van der Waals surface area contributed by atoms with E-state index in [1.165, 1.54) is 6.42 Å². The highest BCUT2D eigenvalue weighted by Gasteiger charge is 2.32. The van der Waals surface area contributed by atoms with Crippen molar-refractivity contribution in [1.29, 1.82) is 0 Å². The van der Waals surface area contributed by atoms with Crippen molar-refractivity contribution in [3.8, 4) is 0 Å². The molecule has 1 aromatic rings. The number of pyridine rings is 1. The monoisotopic (exact) mass is 312 g/mol. The van der Waals surface area contributed by atoms with E-state index in [1.807, 2.05) is 12.1 Å². The maximum Gasteiger partial charge on any atom is 0.126 e. The summed E-state index contributed by atoms with van der Waals surface area (Å²) in [5.74, 6) is 1.63. The van der Waals surface area contributed by atoms with Crippen LogP contribution in [0.4, 0.5) is 5.82 Å². The number of nitrogens with one attached hydrogen (secondary N) is 1. The lowest BCUT2D eigenvalue weighted by atomic mass is 9.78. The number of rotatable bonds is 4. The van der Waals surface area contributed by atoms with Gasteiger partial charge in [-0.05, 0) is 59.7 Å². The highest BCUT2D eigenvalue weighted by molar-refractivity contribution is 9.10. The molecule has 3 nitrogen and oxygen atoms in total. The SMILES string of the molecule is CCC1CCC(O)(CNc2ccc(Br)cn2)CC1. The number of halogens is 1. The molecule has 100 valence electrons. The molecule has 0 aromatic carbocycles. The summed E-state index contributed by atoms with van der Waals surface area (Å²) in [4.78, 5) is 4.26. The molecule has 0 bridgehead atoms. The molecule has 1 aliphatic carbocycles. The number of aliphatic hydroxyl groups is 1. The van der Waals surface area contributed by atoms with E-state index >= 15 is 0 Å². The molecule has 1 saturated carbocycles. The van der Waals surface area contributed by atoms with Crippen LogP contribution in [-0.4, -0.2) is 22.2 Å². The summed E-state index contributed by atoms with van der Waals surface area (Å²) in [5.41, 5.74) is -0.555. The Morgan fingerprint density at radius 2 is 2.17 bits per heavy atom. The Balaban J connectivity index is 1.84. The molecule has 1 aromatic heterocycles. The first-order valence-electron chi connectivity index (χ1n) is 6.69. The van der Waals surface area contributed by atoms with Gasteiger partial charge in [-0.1, -0.05) is 13.3 Å². The van der Waals surface area contributed by atoms with Gasteiger partial charge in [0.1, 0.15) is 5.82 Å². The Kier molecular flexibility index (Phi) is 4.62. The quantitative estimate of drug-likeness (QED) is 0.893. The summed E-state index contributed by atoms with van der Waals surface area (Å²) < 4.78 is 0.968. The van der Waals surface area contributed by atoms with Gasteiger partial charge in [0.25, 0.3) is 0 Å². The predicted octanol–water partition coefficient (Wildman–Crippen LogP) is 3.59. The summed E-state index contributed by atoms with van der Waals surface area (Å²) in [6.45, 7) is 2.83. The van der Waals surface area contributed by atoms with E-state index in [-0.39, 0.29) is 0 Å². The lowest BCUT2D eigenvalue weighted by Crippen LogP contribution is -2.40. The number of hydrogen-bond donors (Lipinski definition) is 2. The molecule has 0 atom stereocenters. The van der Waals surface area contributed by atoms with Crippen LogP contribution < -0.4 is 5.32 Å². The minimum Gasteiger partial charge on any atom is -0.388 e. The molecule has 0 aliphatic heterocycles. The van der Waals surface area contributed by atoms with E-state index in [4.69, 9.17) is 0 Å². The minimum atomic E-state index is -0.555. The second-order valence-electron chi connectivity index (χ2n) is 5.29. The first-order valence-corrected chi connectivity index (χ1v) is 7.48. The first-order chi connectivity index (χ1) is 8.61. The molecular formula is C14H21BrN2O. The van der Waals surface area contributed by atoms with Crippen molar-refractivity contribution in [3.63, 3.8) is 0 Å². The van der Waals surface area contributed by atoms with Crippen LogP contribution >= 0.6 is 15.9 Å². The number of nitrogens with zero attached hydrogens (tertiary/aromatic N) is 1. The van der Waals surface area contributed by atoms with Crippen molar-refractivity contribution < 1.29 is 5.11 Å². The Morgan fingerprint density at radius 1 is 1.44 bits per heavy atom. The van der Waals surface area contributed by atoms with Crippen molar-refractivity contribution in [3.05, 3.63) is 22.8 Å². The largest absolute Gasteiger partial charge is 0.388 e. The molecule has 0 unspecified atom stereocenters. The molecule has 0 spiro atoms. The zero-order valence-corrected chi connectivity index (χ0v) is 12.4. The van der Waals surface area contributed by atoms with Gasteiger partial charge in [-0.2, -0.15) is 0 Å². The van der Waals surface area contributed by atoms with Crippen molar-refractivity contribution in [2.24, 2.45) is 5.92 Å². The van der Waals surface area contributed by atoms with E-state index in [9.17, 15) is 5.11 Å². The van der Waals surface area contributed by atoms with Crippen molar-refractivity contribution in [1.82, 2.24) is 4.98 Å². The average molecular weight is 313 g/mol. The normalized spacial score (nSPS) is 28.1. The third-order valence-electron chi connectivity index (χ3n) is 3.94. The molecule has 0 amide bonds. The fourth-order valence-electron chi connectivity index (χ4n) is 2.54. The van der Waals surface area contributed by atoms with Crippen molar-refractivity contribution in [2.75, 3.05) is 11.9 Å².